The van der Waals surface area contributed by atoms with Crippen LogP contribution in [0, 0.1) is 33.5 Å². The smallest absolute Gasteiger partial charge is 0.127 e. The Morgan fingerprint density at radius 2 is 1.50 bits per heavy atom. The van der Waals surface area contributed by atoms with Gasteiger partial charge in [-0.3, -0.25) is 0 Å². The van der Waals surface area contributed by atoms with E-state index in [2.05, 4.69) is 65.6 Å². The Kier molecular flexibility index (Phi) is 4.70. The third kappa shape index (κ3) is 2.84. The summed E-state index contributed by atoms with van der Waals surface area (Å²) in [6.45, 7) is 8.40. The van der Waals surface area contributed by atoms with Gasteiger partial charge in [-0.1, -0.05) is 37.9 Å². The topological polar surface area (TPSA) is 0 Å². The molecule has 1 unspecified atom stereocenters. The highest BCUT2D eigenvalue weighted by Gasteiger charge is 2.20. The Balaban J connectivity index is 2.65. The second kappa shape index (κ2) is 5.98. The van der Waals surface area contributed by atoms with Gasteiger partial charge in [0.1, 0.15) is 5.82 Å². The van der Waals surface area contributed by atoms with Crippen LogP contribution in [0.3, 0.4) is 0 Å². The molecule has 20 heavy (non-hydrogen) atoms. The largest absolute Gasteiger partial charge is 0.207 e. The van der Waals surface area contributed by atoms with Crippen molar-refractivity contribution in [2.45, 2.75) is 32.5 Å². The van der Waals surface area contributed by atoms with Crippen molar-refractivity contribution in [3.05, 3.63) is 67.9 Å². The third-order valence-electron chi connectivity index (χ3n) is 3.91. The van der Waals surface area contributed by atoms with Crippen LogP contribution in [0.5, 0.6) is 0 Å². The van der Waals surface area contributed by atoms with E-state index in [9.17, 15) is 4.39 Å². The molecule has 3 heteroatoms. The average molecular weight is 400 g/mol. The zero-order chi connectivity index (χ0) is 15.0. The van der Waals surface area contributed by atoms with Gasteiger partial charge in [0.25, 0.3) is 0 Å². The quantitative estimate of drug-likeness (QED) is 0.519. The number of alkyl halides is 1. The number of hydrogen-bond donors (Lipinski definition) is 0. The van der Waals surface area contributed by atoms with Crippen molar-refractivity contribution in [1.82, 2.24) is 0 Å². The molecule has 0 spiro atoms. The third-order valence-corrected chi connectivity index (χ3v) is 5.35. The molecule has 2 rings (SSSR count). The van der Waals surface area contributed by atoms with E-state index in [1.54, 1.807) is 6.07 Å². The highest BCUT2D eigenvalue weighted by atomic mass is 79.9. The molecule has 0 aromatic heterocycles. The molecule has 0 fully saturated rings. The number of aryl methyl sites for hydroxylation is 2. The van der Waals surface area contributed by atoms with Crippen LogP contribution >= 0.6 is 31.9 Å². The fraction of sp³-hybridized carbons (Fsp3) is 0.294. The van der Waals surface area contributed by atoms with Gasteiger partial charge in [-0.05, 0) is 73.7 Å². The van der Waals surface area contributed by atoms with E-state index in [0.717, 1.165) is 4.47 Å². The zero-order valence-electron chi connectivity index (χ0n) is 12.0. The number of halogens is 3. The van der Waals surface area contributed by atoms with Crippen molar-refractivity contribution < 1.29 is 4.39 Å². The molecule has 0 aliphatic heterocycles. The van der Waals surface area contributed by atoms with Crippen molar-refractivity contribution in [2.75, 3.05) is 0 Å². The Morgan fingerprint density at radius 1 is 0.950 bits per heavy atom. The van der Waals surface area contributed by atoms with E-state index >= 15 is 0 Å². The minimum absolute atomic E-state index is 0.140. The maximum Gasteiger partial charge on any atom is 0.127 e. The van der Waals surface area contributed by atoms with Crippen molar-refractivity contribution in [3.8, 4) is 0 Å². The highest BCUT2D eigenvalue weighted by Crippen LogP contribution is 2.39. The second-order valence-electron chi connectivity index (χ2n) is 5.20. The molecule has 0 saturated heterocycles. The van der Waals surface area contributed by atoms with Gasteiger partial charge in [0.2, 0.25) is 0 Å². The van der Waals surface area contributed by atoms with E-state index in [1.807, 2.05) is 6.07 Å². The van der Waals surface area contributed by atoms with E-state index < -0.39 is 0 Å². The highest BCUT2D eigenvalue weighted by molar-refractivity contribution is 9.10. The molecule has 0 amide bonds. The Hall–Kier alpha value is -0.670. The maximum atomic E-state index is 14.1. The lowest BCUT2D eigenvalue weighted by Gasteiger charge is -2.21. The van der Waals surface area contributed by atoms with E-state index in [4.69, 9.17) is 0 Å². The first kappa shape index (κ1) is 15.7. The Labute approximate surface area is 136 Å². The van der Waals surface area contributed by atoms with Gasteiger partial charge in [-0.15, -0.1) is 0 Å². The molecular weight excluding hydrogens is 383 g/mol. The second-order valence-corrected chi connectivity index (χ2v) is 7.03. The van der Waals surface area contributed by atoms with Gasteiger partial charge < -0.3 is 0 Å². The molecular formula is C17H17Br2F. The normalized spacial score (nSPS) is 12.6. The SMILES string of the molecule is Cc1cc(C)c(C)c(C(Br)c2cc(Br)ccc2F)c1C. The molecule has 0 nitrogen and oxygen atoms in total. The van der Waals surface area contributed by atoms with Gasteiger partial charge in [0.15, 0.2) is 0 Å². The van der Waals surface area contributed by atoms with Crippen LogP contribution in [0.1, 0.15) is 38.2 Å². The molecule has 0 aliphatic rings. The summed E-state index contributed by atoms with van der Waals surface area (Å²) in [5, 5.41) is 0. The van der Waals surface area contributed by atoms with Crippen LogP contribution in [0.2, 0.25) is 0 Å². The summed E-state index contributed by atoms with van der Waals surface area (Å²) >= 11 is 7.10. The Morgan fingerprint density at radius 3 is 2.05 bits per heavy atom. The monoisotopic (exact) mass is 398 g/mol. The molecule has 0 bridgehead atoms. The number of rotatable bonds is 2. The first-order chi connectivity index (χ1) is 9.32. The summed E-state index contributed by atoms with van der Waals surface area (Å²) < 4.78 is 15.0. The van der Waals surface area contributed by atoms with Crippen molar-refractivity contribution in [2.24, 2.45) is 0 Å². The summed E-state index contributed by atoms with van der Waals surface area (Å²) in [6, 6.07) is 7.25. The molecule has 2 aromatic rings. The van der Waals surface area contributed by atoms with Crippen LogP contribution in [-0.2, 0) is 0 Å². The number of benzene rings is 2. The van der Waals surface area contributed by atoms with Crippen LogP contribution in [0.4, 0.5) is 4.39 Å². The van der Waals surface area contributed by atoms with Gasteiger partial charge in [0.05, 0.1) is 4.83 Å². The van der Waals surface area contributed by atoms with Crippen LogP contribution in [-0.4, -0.2) is 0 Å². The molecule has 0 radical (unpaired) electrons. The van der Waals surface area contributed by atoms with E-state index in [1.165, 1.54) is 33.9 Å². The first-order valence-corrected chi connectivity index (χ1v) is 8.20. The van der Waals surface area contributed by atoms with Gasteiger partial charge >= 0.3 is 0 Å². The van der Waals surface area contributed by atoms with Crippen molar-refractivity contribution in [1.29, 1.82) is 0 Å². The Bertz CT molecular complexity index is 636. The summed E-state index contributed by atoms with van der Waals surface area (Å²) in [5.74, 6) is -0.187. The molecule has 106 valence electrons. The molecule has 0 heterocycles. The minimum atomic E-state index is -0.187. The lowest BCUT2D eigenvalue weighted by atomic mass is 9.90. The summed E-state index contributed by atoms with van der Waals surface area (Å²) in [6.07, 6.45) is 0. The number of hydrogen-bond acceptors (Lipinski definition) is 0. The van der Waals surface area contributed by atoms with Gasteiger partial charge in [-0.25, -0.2) is 4.39 Å². The molecule has 1 atom stereocenters. The van der Waals surface area contributed by atoms with Crippen LogP contribution in [0.25, 0.3) is 0 Å². The fourth-order valence-electron chi connectivity index (χ4n) is 2.49. The lowest BCUT2D eigenvalue weighted by Crippen LogP contribution is -2.05. The van der Waals surface area contributed by atoms with Gasteiger partial charge in [-0.2, -0.15) is 0 Å². The maximum absolute atomic E-state index is 14.1. The standard InChI is InChI=1S/C17H17Br2F/c1-9-7-10(2)12(4)16(11(9)3)17(19)14-8-13(18)5-6-15(14)20/h5-8,17H,1-4H3. The van der Waals surface area contributed by atoms with E-state index in [-0.39, 0.29) is 10.6 Å². The molecule has 0 aliphatic carbocycles. The molecule has 0 N–H and O–H groups in total. The summed E-state index contributed by atoms with van der Waals surface area (Å²) in [4.78, 5) is -0.140. The van der Waals surface area contributed by atoms with Crippen molar-refractivity contribution in [3.63, 3.8) is 0 Å². The van der Waals surface area contributed by atoms with Crippen LogP contribution < -0.4 is 0 Å². The van der Waals surface area contributed by atoms with Crippen molar-refractivity contribution >= 4 is 31.9 Å². The van der Waals surface area contributed by atoms with Gasteiger partial charge in [0, 0.05) is 10.0 Å². The first-order valence-electron chi connectivity index (χ1n) is 6.49. The van der Waals surface area contributed by atoms with Crippen LogP contribution in [0.15, 0.2) is 28.7 Å². The predicted octanol–water partition coefficient (Wildman–Crippen LogP) is 6.31. The minimum Gasteiger partial charge on any atom is -0.207 e. The summed E-state index contributed by atoms with van der Waals surface area (Å²) in [5.41, 5.74) is 6.74. The fourth-order valence-corrected chi connectivity index (χ4v) is 3.91. The summed E-state index contributed by atoms with van der Waals surface area (Å²) in [7, 11) is 0. The molecule has 2 aromatic carbocycles. The van der Waals surface area contributed by atoms with E-state index in [0.29, 0.717) is 5.56 Å². The zero-order valence-corrected chi connectivity index (χ0v) is 15.2. The predicted molar refractivity (Wildman–Crippen MR) is 90.3 cm³/mol. The molecule has 0 saturated carbocycles. The average Bonchev–Trinajstić information content (AvgIpc) is 2.39. The lowest BCUT2D eigenvalue weighted by molar-refractivity contribution is 0.613.